The van der Waals surface area contributed by atoms with Crippen molar-refractivity contribution in [3.63, 3.8) is 0 Å². The molecule has 0 saturated carbocycles. The predicted molar refractivity (Wildman–Crippen MR) is 150 cm³/mol. The lowest BCUT2D eigenvalue weighted by Gasteiger charge is -2.47. The van der Waals surface area contributed by atoms with Crippen molar-refractivity contribution in [2.45, 2.75) is 17.4 Å². The molecule has 0 bridgehead atoms. The summed E-state index contributed by atoms with van der Waals surface area (Å²) in [6.45, 7) is 0. The van der Waals surface area contributed by atoms with Crippen LogP contribution < -0.4 is 10.2 Å². The number of anilines is 1. The van der Waals surface area contributed by atoms with Crippen molar-refractivity contribution < 1.29 is 38.0 Å². The first-order valence-electron chi connectivity index (χ1n) is 12.2. The van der Waals surface area contributed by atoms with Crippen molar-refractivity contribution in [3.05, 3.63) is 114 Å². The van der Waals surface area contributed by atoms with Gasteiger partial charge in [-0.05, 0) is 59.2 Å². The maximum atomic E-state index is 13.4. The van der Waals surface area contributed by atoms with Crippen LogP contribution in [0.3, 0.4) is 0 Å². The molecule has 1 aliphatic rings. The maximum absolute atomic E-state index is 13.4. The van der Waals surface area contributed by atoms with Gasteiger partial charge in [0.25, 0.3) is 0 Å². The number of rotatable bonds is 8. The van der Waals surface area contributed by atoms with Crippen LogP contribution in [0.4, 0.5) is 10.1 Å². The van der Waals surface area contributed by atoms with Crippen molar-refractivity contribution in [2.75, 3.05) is 10.7 Å². The highest BCUT2D eigenvalue weighted by Gasteiger charge is 2.53. The minimum absolute atomic E-state index is 0.128. The number of β-lactam (4-membered cyclic amide) rings is 1. The van der Waals surface area contributed by atoms with E-state index in [0.717, 1.165) is 0 Å². The number of amides is 1. The van der Waals surface area contributed by atoms with Gasteiger partial charge in [0.05, 0.1) is 23.2 Å². The van der Waals surface area contributed by atoms with E-state index < -0.39 is 47.5 Å². The number of aliphatic hydroxyl groups is 1. The highest BCUT2D eigenvalue weighted by Crippen LogP contribution is 2.46. The maximum Gasteiger partial charge on any atom is 0.356 e. The Kier molecular flexibility index (Phi) is 7.72. The van der Waals surface area contributed by atoms with Crippen LogP contribution in [0.15, 0.2) is 97.1 Å². The molecule has 4 N–H and O–H groups in total. The van der Waals surface area contributed by atoms with Crippen molar-refractivity contribution in [1.82, 2.24) is 0 Å². The molecule has 1 amide bonds. The third-order valence-corrected chi connectivity index (χ3v) is 9.47. The first-order valence-corrected chi connectivity index (χ1v) is 15.2. The first-order chi connectivity index (χ1) is 19.0. The van der Waals surface area contributed by atoms with Gasteiger partial charge in [0.1, 0.15) is 16.8 Å². The Labute approximate surface area is 232 Å². The molecule has 8 nitrogen and oxygen atoms in total. The van der Waals surface area contributed by atoms with E-state index in [0.29, 0.717) is 27.9 Å². The van der Waals surface area contributed by atoms with Crippen LogP contribution in [0.5, 0.6) is 5.75 Å². The molecular formula is C29H25FNO7PS. The van der Waals surface area contributed by atoms with E-state index in [-0.39, 0.29) is 16.8 Å². The molecule has 1 heterocycles. The number of para-hydroxylation sites is 1. The SMILES string of the molecule is O=C1[C@H](S(=O)C[C@H](O)c2ccc(F)cc2)[C@@H](c2ccc(-c3ccc(P(=O)(O)O)cc3)cc2O)N1c1ccccc1. The molecule has 1 unspecified atom stereocenters. The van der Waals surface area contributed by atoms with Crippen molar-refractivity contribution >= 4 is 35.3 Å². The van der Waals surface area contributed by atoms with Crippen LogP contribution in [0.25, 0.3) is 11.1 Å². The van der Waals surface area contributed by atoms with E-state index >= 15 is 0 Å². The zero-order valence-electron chi connectivity index (χ0n) is 20.9. The zero-order valence-corrected chi connectivity index (χ0v) is 22.6. The summed E-state index contributed by atoms with van der Waals surface area (Å²) in [5.41, 5.74) is 2.45. The number of hydrogen-bond donors (Lipinski definition) is 4. The number of aliphatic hydroxyl groups excluding tert-OH is 1. The molecule has 40 heavy (non-hydrogen) atoms. The summed E-state index contributed by atoms with van der Waals surface area (Å²) in [7, 11) is -6.25. The molecule has 11 heteroatoms. The number of phenolic OH excluding ortho intramolecular Hbond substituents is 1. The van der Waals surface area contributed by atoms with Crippen LogP contribution in [-0.4, -0.2) is 41.1 Å². The van der Waals surface area contributed by atoms with Crippen LogP contribution in [0, 0.1) is 5.82 Å². The lowest BCUT2D eigenvalue weighted by atomic mass is 9.90. The Hall–Kier alpha value is -3.66. The van der Waals surface area contributed by atoms with Gasteiger partial charge in [-0.15, -0.1) is 0 Å². The number of carbonyl (C=O) groups excluding carboxylic acids is 1. The second-order valence-electron chi connectivity index (χ2n) is 9.39. The number of benzene rings is 4. The van der Waals surface area contributed by atoms with Gasteiger partial charge in [-0.3, -0.25) is 13.6 Å². The fraction of sp³-hybridized carbons (Fsp3) is 0.138. The summed E-state index contributed by atoms with van der Waals surface area (Å²) in [6.07, 6.45) is -1.19. The van der Waals surface area contributed by atoms with Crippen LogP contribution in [0.1, 0.15) is 23.3 Å². The third kappa shape index (κ3) is 5.50. The normalized spacial score (nSPS) is 18.7. The zero-order chi connectivity index (χ0) is 28.6. The van der Waals surface area contributed by atoms with E-state index in [9.17, 15) is 38.0 Å². The Bertz CT molecular complexity index is 1610. The summed E-state index contributed by atoms with van der Waals surface area (Å²) in [5, 5.41) is 20.5. The van der Waals surface area contributed by atoms with E-state index in [1.165, 1.54) is 59.5 Å². The van der Waals surface area contributed by atoms with Gasteiger partial charge < -0.3 is 24.9 Å². The molecule has 4 aromatic carbocycles. The Morgan fingerprint density at radius 3 is 2.12 bits per heavy atom. The Balaban J connectivity index is 1.46. The van der Waals surface area contributed by atoms with E-state index in [4.69, 9.17) is 0 Å². The molecule has 0 aliphatic carbocycles. The molecule has 1 fully saturated rings. The number of carbonyl (C=O) groups is 1. The average molecular weight is 582 g/mol. The quantitative estimate of drug-likeness (QED) is 0.183. The summed E-state index contributed by atoms with van der Waals surface area (Å²) in [4.78, 5) is 33.5. The molecule has 206 valence electrons. The summed E-state index contributed by atoms with van der Waals surface area (Å²) < 4.78 is 38.2. The second kappa shape index (κ2) is 11.1. The lowest BCUT2D eigenvalue weighted by molar-refractivity contribution is -0.123. The minimum Gasteiger partial charge on any atom is -0.508 e. The number of halogens is 1. The monoisotopic (exact) mass is 581 g/mol. The summed E-state index contributed by atoms with van der Waals surface area (Å²) in [5.74, 6) is -1.30. The van der Waals surface area contributed by atoms with Gasteiger partial charge in [0.2, 0.25) is 5.91 Å². The van der Waals surface area contributed by atoms with Gasteiger partial charge in [-0.2, -0.15) is 0 Å². The minimum atomic E-state index is -4.40. The topological polar surface area (TPSA) is 135 Å². The highest BCUT2D eigenvalue weighted by atomic mass is 32.2. The first kappa shape index (κ1) is 27.9. The fourth-order valence-corrected chi connectivity index (χ4v) is 6.90. The van der Waals surface area contributed by atoms with E-state index in [1.54, 1.807) is 42.5 Å². The molecule has 0 aromatic heterocycles. The number of aromatic hydroxyl groups is 1. The van der Waals surface area contributed by atoms with E-state index in [1.807, 2.05) is 0 Å². The van der Waals surface area contributed by atoms with Crippen molar-refractivity contribution in [3.8, 4) is 16.9 Å². The number of nitrogens with zero attached hydrogens (tertiary/aromatic N) is 1. The Morgan fingerprint density at radius 1 is 0.900 bits per heavy atom. The third-order valence-electron chi connectivity index (χ3n) is 6.83. The van der Waals surface area contributed by atoms with Crippen molar-refractivity contribution in [1.29, 1.82) is 0 Å². The van der Waals surface area contributed by atoms with Crippen LogP contribution in [-0.2, 0) is 20.2 Å². The standard InChI is InChI=1S/C29H25FNO7PS/c30-21-11-6-19(7-12-21)26(33)17-40(38)28-27(31(29(28)34)22-4-2-1-3-5-22)24-15-10-20(16-25(24)32)18-8-13-23(14-9-18)39(35,36)37/h1-16,26-28,32-33H,17H2,(H2,35,36,37)/t26-,27+,28+,40?/m0/s1. The largest absolute Gasteiger partial charge is 0.508 e. The lowest BCUT2D eigenvalue weighted by Crippen LogP contribution is -2.61. The van der Waals surface area contributed by atoms with Gasteiger partial charge >= 0.3 is 7.60 Å². The molecule has 5 rings (SSSR count). The van der Waals surface area contributed by atoms with E-state index in [2.05, 4.69) is 0 Å². The van der Waals surface area contributed by atoms with Gasteiger partial charge in [-0.1, -0.05) is 54.6 Å². The summed E-state index contributed by atoms with van der Waals surface area (Å²) in [6, 6.07) is 23.6. The highest BCUT2D eigenvalue weighted by molar-refractivity contribution is 7.86. The number of phenols is 1. The average Bonchev–Trinajstić information content (AvgIpc) is 2.92. The molecule has 0 spiro atoms. The van der Waals surface area contributed by atoms with Gasteiger partial charge in [0, 0.05) is 22.1 Å². The van der Waals surface area contributed by atoms with Gasteiger partial charge in [-0.25, -0.2) is 4.39 Å². The van der Waals surface area contributed by atoms with Crippen molar-refractivity contribution in [2.24, 2.45) is 0 Å². The molecule has 1 aliphatic heterocycles. The molecule has 0 radical (unpaired) electrons. The number of hydrogen-bond acceptors (Lipinski definition) is 5. The Morgan fingerprint density at radius 2 is 1.52 bits per heavy atom. The smallest absolute Gasteiger partial charge is 0.356 e. The molecule has 1 saturated heterocycles. The molecule has 4 atom stereocenters. The molecular weight excluding hydrogens is 556 g/mol. The van der Waals surface area contributed by atoms with Crippen LogP contribution in [0.2, 0.25) is 0 Å². The van der Waals surface area contributed by atoms with Crippen LogP contribution >= 0.6 is 7.60 Å². The summed E-state index contributed by atoms with van der Waals surface area (Å²) >= 11 is 0. The molecule has 4 aromatic rings. The van der Waals surface area contributed by atoms with Gasteiger partial charge in [0.15, 0.2) is 0 Å². The fourth-order valence-electron chi connectivity index (χ4n) is 4.76. The second-order valence-corrected chi connectivity index (χ2v) is 12.6. The predicted octanol–water partition coefficient (Wildman–Crippen LogP) is 3.94.